The van der Waals surface area contributed by atoms with Crippen LogP contribution >= 0.6 is 0 Å². The van der Waals surface area contributed by atoms with Crippen LogP contribution in [0, 0.1) is 0 Å². The number of aromatic nitrogens is 2. The van der Waals surface area contributed by atoms with Crippen molar-refractivity contribution in [2.45, 2.75) is 6.54 Å². The molecule has 0 saturated heterocycles. The fraction of sp³-hybridized carbons (Fsp3) is 0.133. The van der Waals surface area contributed by atoms with Gasteiger partial charge in [-0.1, -0.05) is 0 Å². The lowest BCUT2D eigenvalue weighted by Gasteiger charge is -2.07. The van der Waals surface area contributed by atoms with Crippen LogP contribution in [0.2, 0.25) is 0 Å². The zero-order valence-electron chi connectivity index (χ0n) is 12.3. The van der Waals surface area contributed by atoms with Crippen LogP contribution in [0.5, 0.6) is 5.88 Å². The number of nitrogens with zero attached hydrogens (tertiary/aromatic N) is 1. The van der Waals surface area contributed by atoms with E-state index in [-0.39, 0.29) is 17.7 Å². The first-order valence-corrected chi connectivity index (χ1v) is 6.81. The average molecular weight is 314 g/mol. The number of amides is 2. The Bertz CT molecular complexity index is 886. The van der Waals surface area contributed by atoms with Crippen LogP contribution in [0.25, 0.3) is 11.0 Å². The van der Waals surface area contributed by atoms with Crippen LogP contribution in [0.15, 0.2) is 45.9 Å². The van der Waals surface area contributed by atoms with Gasteiger partial charge in [0.05, 0.1) is 25.4 Å². The monoisotopic (exact) mass is 314 g/mol. The molecule has 0 saturated carbocycles. The first-order valence-electron chi connectivity index (χ1n) is 6.81. The van der Waals surface area contributed by atoms with Gasteiger partial charge in [-0.25, -0.2) is 9.78 Å². The highest BCUT2D eigenvalue weighted by Gasteiger charge is 2.10. The second-order valence-electron chi connectivity index (χ2n) is 4.67. The lowest BCUT2D eigenvalue weighted by molar-refractivity contribution is 0.251. The number of aromatic amines is 1. The Morgan fingerprint density at radius 3 is 3.00 bits per heavy atom. The number of carbonyl (C=O) groups is 1. The number of hydrogen-bond donors (Lipinski definition) is 3. The molecule has 0 atom stereocenters. The number of methoxy groups -OCH3 is 1. The van der Waals surface area contributed by atoms with Crippen LogP contribution in [-0.4, -0.2) is 23.1 Å². The summed E-state index contributed by atoms with van der Waals surface area (Å²) in [6, 6.07) is 6.26. The standard InChI is InChI=1S/C15H14N4O4/c1-22-12-5-4-10-13(19-12)14(20)11(8-16-10)18-15(21)17-7-9-3-2-6-23-9/h2-6,8H,7H2,1H3,(H,16,20)(H2,17,18,21). The Kier molecular flexibility index (Phi) is 3.96. The Balaban J connectivity index is 1.78. The van der Waals surface area contributed by atoms with E-state index in [1.807, 2.05) is 0 Å². The minimum atomic E-state index is -0.519. The molecule has 0 aliphatic carbocycles. The van der Waals surface area contributed by atoms with Crippen molar-refractivity contribution in [1.82, 2.24) is 15.3 Å². The molecule has 0 aliphatic rings. The summed E-state index contributed by atoms with van der Waals surface area (Å²) in [5.41, 5.74) is 0.437. The molecule has 3 aromatic rings. The van der Waals surface area contributed by atoms with Gasteiger partial charge in [-0.05, 0) is 18.2 Å². The Morgan fingerprint density at radius 1 is 1.39 bits per heavy atom. The molecule has 0 spiro atoms. The third-order valence-corrected chi connectivity index (χ3v) is 3.16. The van der Waals surface area contributed by atoms with Crippen LogP contribution < -0.4 is 20.8 Å². The molecule has 118 valence electrons. The topological polar surface area (TPSA) is 109 Å². The number of nitrogens with one attached hydrogen (secondary N) is 3. The summed E-state index contributed by atoms with van der Waals surface area (Å²) in [5, 5.41) is 5.08. The molecule has 2 amide bonds. The minimum absolute atomic E-state index is 0.0928. The van der Waals surface area contributed by atoms with Crippen molar-refractivity contribution in [1.29, 1.82) is 0 Å². The van der Waals surface area contributed by atoms with E-state index in [1.54, 1.807) is 24.3 Å². The van der Waals surface area contributed by atoms with Gasteiger partial charge in [0.2, 0.25) is 11.3 Å². The zero-order chi connectivity index (χ0) is 16.2. The number of anilines is 1. The van der Waals surface area contributed by atoms with Crippen LogP contribution in [-0.2, 0) is 6.54 Å². The van der Waals surface area contributed by atoms with Crippen molar-refractivity contribution in [3.05, 3.63) is 52.7 Å². The van der Waals surface area contributed by atoms with Gasteiger partial charge < -0.3 is 24.8 Å². The van der Waals surface area contributed by atoms with E-state index < -0.39 is 11.5 Å². The maximum absolute atomic E-state index is 12.4. The minimum Gasteiger partial charge on any atom is -0.481 e. The second-order valence-corrected chi connectivity index (χ2v) is 4.67. The zero-order valence-corrected chi connectivity index (χ0v) is 12.3. The molecule has 0 unspecified atom stereocenters. The number of furan rings is 1. The molecular weight excluding hydrogens is 300 g/mol. The highest BCUT2D eigenvalue weighted by atomic mass is 16.5. The van der Waals surface area contributed by atoms with Crippen LogP contribution in [0.1, 0.15) is 5.76 Å². The van der Waals surface area contributed by atoms with E-state index in [0.29, 0.717) is 17.2 Å². The van der Waals surface area contributed by atoms with Gasteiger partial charge in [0, 0.05) is 12.3 Å². The first kappa shape index (κ1) is 14.6. The highest BCUT2D eigenvalue weighted by Crippen LogP contribution is 2.13. The molecule has 0 aromatic carbocycles. The van der Waals surface area contributed by atoms with Crippen molar-refractivity contribution >= 4 is 22.8 Å². The second kappa shape index (κ2) is 6.22. The number of rotatable bonds is 4. The van der Waals surface area contributed by atoms with Crippen molar-refractivity contribution in [3.63, 3.8) is 0 Å². The van der Waals surface area contributed by atoms with Gasteiger partial charge >= 0.3 is 6.03 Å². The summed E-state index contributed by atoms with van der Waals surface area (Å²) in [6.45, 7) is 0.219. The third kappa shape index (κ3) is 3.15. The molecule has 3 rings (SSSR count). The first-order chi connectivity index (χ1) is 11.2. The quantitative estimate of drug-likeness (QED) is 0.681. The number of hydrogen-bond acceptors (Lipinski definition) is 5. The van der Waals surface area contributed by atoms with E-state index in [0.717, 1.165) is 0 Å². The molecule has 8 heteroatoms. The van der Waals surface area contributed by atoms with Crippen molar-refractivity contribution in [2.75, 3.05) is 12.4 Å². The summed E-state index contributed by atoms with van der Waals surface area (Å²) in [5.74, 6) is 0.932. The summed E-state index contributed by atoms with van der Waals surface area (Å²) in [7, 11) is 1.46. The Labute approximate surface area is 130 Å². The van der Waals surface area contributed by atoms with Gasteiger partial charge in [-0.3, -0.25) is 4.79 Å². The van der Waals surface area contributed by atoms with Crippen molar-refractivity contribution in [3.8, 4) is 5.88 Å². The van der Waals surface area contributed by atoms with E-state index in [4.69, 9.17) is 9.15 Å². The summed E-state index contributed by atoms with van der Waals surface area (Å²) >= 11 is 0. The van der Waals surface area contributed by atoms with E-state index >= 15 is 0 Å². The van der Waals surface area contributed by atoms with Gasteiger partial charge in [0.15, 0.2) is 0 Å². The maximum atomic E-state index is 12.4. The lowest BCUT2D eigenvalue weighted by atomic mass is 10.3. The maximum Gasteiger partial charge on any atom is 0.319 e. The molecule has 8 nitrogen and oxygen atoms in total. The normalized spacial score (nSPS) is 10.5. The van der Waals surface area contributed by atoms with Gasteiger partial charge in [0.25, 0.3) is 0 Å². The number of pyridine rings is 2. The van der Waals surface area contributed by atoms with Crippen LogP contribution in [0.3, 0.4) is 0 Å². The predicted molar refractivity (Wildman–Crippen MR) is 83.5 cm³/mol. The molecular formula is C15H14N4O4. The van der Waals surface area contributed by atoms with Crippen LogP contribution in [0.4, 0.5) is 10.5 Å². The number of ether oxygens (including phenoxy) is 1. The predicted octanol–water partition coefficient (Wildman–Crippen LogP) is 1.85. The summed E-state index contributed by atoms with van der Waals surface area (Å²) < 4.78 is 10.1. The molecule has 3 N–H and O–H groups in total. The molecule has 0 bridgehead atoms. The number of H-pyrrole nitrogens is 1. The van der Waals surface area contributed by atoms with Crippen molar-refractivity contribution in [2.24, 2.45) is 0 Å². The third-order valence-electron chi connectivity index (χ3n) is 3.16. The SMILES string of the molecule is COc1ccc2[nH]cc(NC(=O)NCc3ccco3)c(=O)c2n1. The summed E-state index contributed by atoms with van der Waals surface area (Å²) in [6.07, 6.45) is 2.94. The van der Waals surface area contributed by atoms with E-state index in [2.05, 4.69) is 20.6 Å². The van der Waals surface area contributed by atoms with Gasteiger partial charge in [0.1, 0.15) is 17.0 Å². The largest absolute Gasteiger partial charge is 0.481 e. The highest BCUT2D eigenvalue weighted by molar-refractivity contribution is 5.91. The van der Waals surface area contributed by atoms with Crippen molar-refractivity contribution < 1.29 is 13.9 Å². The summed E-state index contributed by atoms with van der Waals surface area (Å²) in [4.78, 5) is 31.2. The molecule has 3 heterocycles. The molecule has 23 heavy (non-hydrogen) atoms. The number of carbonyl (C=O) groups excluding carboxylic acids is 1. The van der Waals surface area contributed by atoms with Gasteiger partial charge in [-0.15, -0.1) is 0 Å². The fourth-order valence-electron chi connectivity index (χ4n) is 2.03. The smallest absolute Gasteiger partial charge is 0.319 e. The Morgan fingerprint density at radius 2 is 2.26 bits per heavy atom. The number of fused-ring (bicyclic) bond motifs is 1. The average Bonchev–Trinajstić information content (AvgIpc) is 3.09. The fourth-order valence-corrected chi connectivity index (χ4v) is 2.03. The van der Waals surface area contributed by atoms with E-state index in [1.165, 1.54) is 19.6 Å². The molecule has 0 aliphatic heterocycles. The lowest BCUT2D eigenvalue weighted by Crippen LogP contribution is -2.30. The van der Waals surface area contributed by atoms with E-state index in [9.17, 15) is 9.59 Å². The van der Waals surface area contributed by atoms with Gasteiger partial charge in [-0.2, -0.15) is 0 Å². The Hall–Kier alpha value is -3.29. The molecule has 3 aromatic heterocycles. The number of urea groups is 1. The molecule has 0 radical (unpaired) electrons. The molecule has 0 fully saturated rings.